The number of carbonyl (C=O) groups is 1. The summed E-state index contributed by atoms with van der Waals surface area (Å²) in [6.07, 6.45) is 5.59. The molecular formula is C22H20F2N2O5. The molecule has 1 aliphatic rings. The van der Waals surface area contributed by atoms with Crippen LogP contribution in [-0.4, -0.2) is 28.8 Å². The maximum atomic E-state index is 12.9. The summed E-state index contributed by atoms with van der Waals surface area (Å²) in [4.78, 5) is 16.9. The van der Waals surface area contributed by atoms with Crippen molar-refractivity contribution in [3.8, 4) is 11.5 Å². The van der Waals surface area contributed by atoms with E-state index in [0.29, 0.717) is 17.1 Å². The molecule has 162 valence electrons. The highest BCUT2D eigenvalue weighted by Gasteiger charge is 2.23. The lowest BCUT2D eigenvalue weighted by atomic mass is 9.96. The minimum absolute atomic E-state index is 0.0344. The number of carboxylic acids is 1. The number of hydrogen-bond acceptors (Lipinski definition) is 6. The molecule has 1 N–H and O–H groups in total. The monoisotopic (exact) mass is 430 g/mol. The molecule has 0 saturated heterocycles. The summed E-state index contributed by atoms with van der Waals surface area (Å²) >= 11 is 0. The quantitative estimate of drug-likeness (QED) is 0.497. The Morgan fingerprint density at radius 1 is 1.16 bits per heavy atom. The van der Waals surface area contributed by atoms with Crippen LogP contribution < -0.4 is 14.4 Å². The lowest BCUT2D eigenvalue weighted by Crippen LogP contribution is -2.25. The van der Waals surface area contributed by atoms with Crippen LogP contribution >= 0.6 is 0 Å². The van der Waals surface area contributed by atoms with E-state index in [2.05, 4.69) is 9.72 Å². The third-order valence-electron chi connectivity index (χ3n) is 5.02. The molecule has 0 aliphatic heterocycles. The van der Waals surface area contributed by atoms with Gasteiger partial charge in [-0.05, 0) is 55.7 Å². The topological polar surface area (TPSA) is 85.0 Å². The van der Waals surface area contributed by atoms with Gasteiger partial charge in [0, 0.05) is 17.4 Å². The number of ether oxygens (including phenoxy) is 2. The van der Waals surface area contributed by atoms with Crippen LogP contribution in [0.3, 0.4) is 0 Å². The van der Waals surface area contributed by atoms with Crippen LogP contribution in [0.2, 0.25) is 0 Å². The van der Waals surface area contributed by atoms with Crippen LogP contribution in [0.5, 0.6) is 11.5 Å². The van der Waals surface area contributed by atoms with Crippen LogP contribution in [0.25, 0.3) is 0 Å². The zero-order valence-corrected chi connectivity index (χ0v) is 16.4. The predicted molar refractivity (Wildman–Crippen MR) is 107 cm³/mol. The standard InChI is InChI=1S/C22H20F2N2O5/c23-22(24)31-19-9-8-16(10-20(19)30-17-2-1-3-17)26(12-18-11-25-13-29-18)15-6-4-14(5-7-15)21(27)28/h4-11,13,17,22H,1-3,12H2,(H,27,28). The molecule has 0 atom stereocenters. The van der Waals surface area contributed by atoms with Gasteiger partial charge in [-0.15, -0.1) is 0 Å². The summed E-state index contributed by atoms with van der Waals surface area (Å²) < 4.78 is 41.6. The van der Waals surface area contributed by atoms with E-state index >= 15 is 0 Å². The van der Waals surface area contributed by atoms with Gasteiger partial charge in [-0.1, -0.05) is 0 Å². The fourth-order valence-corrected chi connectivity index (χ4v) is 3.21. The molecule has 31 heavy (non-hydrogen) atoms. The van der Waals surface area contributed by atoms with E-state index in [4.69, 9.17) is 14.3 Å². The van der Waals surface area contributed by atoms with Crippen molar-refractivity contribution in [2.75, 3.05) is 4.90 Å². The molecular weight excluding hydrogens is 410 g/mol. The van der Waals surface area contributed by atoms with Gasteiger partial charge in [0.1, 0.15) is 5.76 Å². The molecule has 0 radical (unpaired) electrons. The highest BCUT2D eigenvalue weighted by molar-refractivity contribution is 5.88. The summed E-state index contributed by atoms with van der Waals surface area (Å²) in [6, 6.07) is 11.0. The van der Waals surface area contributed by atoms with E-state index in [-0.39, 0.29) is 29.7 Å². The number of hydrogen-bond donors (Lipinski definition) is 1. The van der Waals surface area contributed by atoms with Crippen LogP contribution in [0.4, 0.5) is 20.2 Å². The van der Waals surface area contributed by atoms with Crippen LogP contribution in [0.15, 0.2) is 59.5 Å². The summed E-state index contributed by atoms with van der Waals surface area (Å²) in [5.41, 5.74) is 1.46. The van der Waals surface area contributed by atoms with Gasteiger partial charge in [-0.25, -0.2) is 9.78 Å². The summed E-state index contributed by atoms with van der Waals surface area (Å²) in [7, 11) is 0. The highest BCUT2D eigenvalue weighted by Crippen LogP contribution is 2.39. The first-order valence-electron chi connectivity index (χ1n) is 9.73. The molecule has 1 saturated carbocycles. The molecule has 1 fully saturated rings. The predicted octanol–water partition coefficient (Wildman–Crippen LogP) is 5.24. The average molecular weight is 430 g/mol. The number of anilines is 2. The summed E-state index contributed by atoms with van der Waals surface area (Å²) in [6.45, 7) is -2.69. The van der Waals surface area contributed by atoms with E-state index in [1.807, 2.05) is 4.90 Å². The van der Waals surface area contributed by atoms with Crippen molar-refractivity contribution in [1.82, 2.24) is 4.98 Å². The van der Waals surface area contributed by atoms with Crippen LogP contribution in [-0.2, 0) is 6.54 Å². The molecule has 4 rings (SSSR count). The van der Waals surface area contributed by atoms with Gasteiger partial charge in [0.2, 0.25) is 0 Å². The van der Waals surface area contributed by atoms with Crippen molar-refractivity contribution in [1.29, 1.82) is 0 Å². The first kappa shape index (κ1) is 20.6. The zero-order chi connectivity index (χ0) is 21.8. The largest absolute Gasteiger partial charge is 0.486 e. The fourth-order valence-electron chi connectivity index (χ4n) is 3.21. The van der Waals surface area contributed by atoms with Crippen LogP contribution in [0.1, 0.15) is 35.4 Å². The first-order chi connectivity index (χ1) is 15.0. The van der Waals surface area contributed by atoms with E-state index in [0.717, 1.165) is 19.3 Å². The Bertz CT molecular complexity index is 1020. The van der Waals surface area contributed by atoms with Crippen molar-refractivity contribution in [3.05, 3.63) is 66.4 Å². The molecule has 0 amide bonds. The number of aromatic carboxylic acids is 1. The van der Waals surface area contributed by atoms with Gasteiger partial charge in [-0.3, -0.25) is 0 Å². The Morgan fingerprint density at radius 2 is 1.90 bits per heavy atom. The number of benzene rings is 2. The highest BCUT2D eigenvalue weighted by atomic mass is 19.3. The van der Waals surface area contributed by atoms with E-state index < -0.39 is 12.6 Å². The average Bonchev–Trinajstić information content (AvgIpc) is 3.23. The van der Waals surface area contributed by atoms with Crippen molar-refractivity contribution in [2.24, 2.45) is 0 Å². The van der Waals surface area contributed by atoms with Crippen molar-refractivity contribution in [3.63, 3.8) is 0 Å². The third kappa shape index (κ3) is 4.93. The number of nitrogens with zero attached hydrogens (tertiary/aromatic N) is 2. The normalized spacial score (nSPS) is 13.6. The van der Waals surface area contributed by atoms with Crippen LogP contribution in [0, 0.1) is 0 Å². The second-order valence-corrected chi connectivity index (χ2v) is 7.09. The van der Waals surface area contributed by atoms with Crippen molar-refractivity contribution < 1.29 is 32.6 Å². The van der Waals surface area contributed by atoms with E-state index in [1.54, 1.807) is 30.5 Å². The van der Waals surface area contributed by atoms with E-state index in [9.17, 15) is 13.6 Å². The maximum Gasteiger partial charge on any atom is 0.387 e. The molecule has 0 spiro atoms. The van der Waals surface area contributed by atoms with Gasteiger partial charge in [0.05, 0.1) is 24.4 Å². The van der Waals surface area contributed by atoms with Gasteiger partial charge < -0.3 is 23.9 Å². The molecule has 1 aliphatic carbocycles. The van der Waals surface area contributed by atoms with Gasteiger partial charge in [0.25, 0.3) is 0 Å². The number of aromatic nitrogens is 1. The van der Waals surface area contributed by atoms with Crippen molar-refractivity contribution in [2.45, 2.75) is 38.5 Å². The number of carboxylic acid groups (broad SMARTS) is 1. The second kappa shape index (κ2) is 9.03. The summed E-state index contributed by atoms with van der Waals surface area (Å²) in [5.74, 6) is -0.270. The molecule has 1 heterocycles. The molecule has 1 aromatic heterocycles. The number of rotatable bonds is 9. The van der Waals surface area contributed by atoms with Crippen molar-refractivity contribution >= 4 is 17.3 Å². The van der Waals surface area contributed by atoms with Gasteiger partial charge >= 0.3 is 12.6 Å². The Balaban J connectivity index is 1.70. The number of halogens is 2. The number of alkyl halides is 2. The smallest absolute Gasteiger partial charge is 0.387 e. The Morgan fingerprint density at radius 3 is 2.48 bits per heavy atom. The first-order valence-corrected chi connectivity index (χ1v) is 9.73. The summed E-state index contributed by atoms with van der Waals surface area (Å²) in [5, 5.41) is 9.16. The van der Waals surface area contributed by atoms with Gasteiger partial charge in [0.15, 0.2) is 17.9 Å². The fraction of sp³-hybridized carbons (Fsp3) is 0.273. The van der Waals surface area contributed by atoms with Gasteiger partial charge in [-0.2, -0.15) is 8.78 Å². The second-order valence-electron chi connectivity index (χ2n) is 7.09. The lowest BCUT2D eigenvalue weighted by molar-refractivity contribution is -0.0526. The minimum Gasteiger partial charge on any atom is -0.486 e. The van der Waals surface area contributed by atoms with E-state index in [1.165, 1.54) is 24.6 Å². The Hall–Kier alpha value is -3.62. The minimum atomic E-state index is -2.97. The molecule has 0 unspecified atom stereocenters. The molecule has 2 aromatic carbocycles. The number of oxazole rings is 1. The Labute approximate surface area is 176 Å². The molecule has 9 heteroatoms. The Kier molecular flexibility index (Phi) is 6.01. The maximum absolute atomic E-state index is 12.9. The SMILES string of the molecule is O=C(O)c1ccc(N(Cc2cnco2)c2ccc(OC(F)F)c(OC3CCC3)c2)cc1. The zero-order valence-electron chi connectivity index (χ0n) is 16.4. The molecule has 0 bridgehead atoms. The third-order valence-corrected chi connectivity index (χ3v) is 5.02. The lowest BCUT2D eigenvalue weighted by Gasteiger charge is -2.29. The molecule has 3 aromatic rings. The molecule has 7 nitrogen and oxygen atoms in total.